The van der Waals surface area contributed by atoms with Crippen molar-refractivity contribution in [3.05, 3.63) is 0 Å². The van der Waals surface area contributed by atoms with Crippen LogP contribution in [0.3, 0.4) is 0 Å². The molecule has 0 aromatic heterocycles. The van der Waals surface area contributed by atoms with Crippen LogP contribution in [0.2, 0.25) is 0 Å². The van der Waals surface area contributed by atoms with Crippen LogP contribution >= 0.6 is 0 Å². The Morgan fingerprint density at radius 1 is 1.32 bits per heavy atom. The molecule has 1 heterocycles. The molecule has 1 saturated heterocycles. The molecule has 1 fully saturated rings. The van der Waals surface area contributed by atoms with Gasteiger partial charge in [-0.1, -0.05) is 0 Å². The summed E-state index contributed by atoms with van der Waals surface area (Å²) in [7, 11) is 0. The summed E-state index contributed by atoms with van der Waals surface area (Å²) in [6.45, 7) is -0.426. The van der Waals surface area contributed by atoms with Crippen molar-refractivity contribution in [3.8, 4) is 0 Å². The fourth-order valence-corrected chi connectivity index (χ4v) is 1.94. The van der Waals surface area contributed by atoms with E-state index >= 15 is 0 Å². The average Bonchev–Trinajstić information content (AvgIpc) is 2.55. The fourth-order valence-electron chi connectivity index (χ4n) is 1.94. The molecule has 140 valence electrons. The number of aliphatic carboxylic acids is 1. The SMILES string of the molecule is NC(=NCCC[C@H](N)C(=O)[O-])NO[C@@H]1O[C@H](CO)[C@H](O)[C@H](O)[C@H]1O.[Na+]. The monoisotopic (exact) mass is 374 g/mol. The summed E-state index contributed by atoms with van der Waals surface area (Å²) in [6.07, 6.45) is -6.66. The number of hydrogen-bond acceptors (Lipinski definition) is 10. The Balaban J connectivity index is 0.00000576. The molecule has 0 unspecified atom stereocenters. The van der Waals surface area contributed by atoms with E-state index in [0.717, 1.165) is 0 Å². The van der Waals surface area contributed by atoms with E-state index in [4.69, 9.17) is 26.1 Å². The molecule has 1 aliphatic rings. The quantitative estimate of drug-likeness (QED) is 0.0695. The first-order valence-electron chi connectivity index (χ1n) is 7.26. The third-order valence-corrected chi connectivity index (χ3v) is 3.39. The number of aliphatic hydroxyl groups excluding tert-OH is 4. The average molecular weight is 374 g/mol. The van der Waals surface area contributed by atoms with E-state index in [1.54, 1.807) is 0 Å². The number of carboxylic acid groups (broad SMARTS) is 1. The Labute approximate surface area is 166 Å². The van der Waals surface area contributed by atoms with E-state index in [2.05, 4.69) is 10.5 Å². The van der Waals surface area contributed by atoms with Crippen molar-refractivity contribution in [2.24, 2.45) is 16.5 Å². The van der Waals surface area contributed by atoms with Crippen LogP contribution in [0, 0.1) is 0 Å². The van der Waals surface area contributed by atoms with Crippen LogP contribution in [0.5, 0.6) is 0 Å². The maximum Gasteiger partial charge on any atom is 1.00 e. The third kappa shape index (κ3) is 7.70. The molecule has 1 rings (SSSR count). The Morgan fingerprint density at radius 2 is 1.96 bits per heavy atom. The predicted molar refractivity (Wildman–Crippen MR) is 76.7 cm³/mol. The van der Waals surface area contributed by atoms with Gasteiger partial charge < -0.3 is 46.5 Å². The topological polar surface area (TPSA) is 216 Å². The molecule has 0 saturated carbocycles. The zero-order chi connectivity index (χ0) is 18.3. The van der Waals surface area contributed by atoms with Crippen molar-refractivity contribution in [1.29, 1.82) is 0 Å². The third-order valence-electron chi connectivity index (χ3n) is 3.39. The number of aliphatic hydroxyl groups is 4. The number of nitrogens with zero attached hydrogens (tertiary/aromatic N) is 1. The molecule has 13 heteroatoms. The number of carbonyl (C=O) groups is 1. The summed E-state index contributed by atoms with van der Waals surface area (Å²) in [6, 6.07) is -1.08. The second-order valence-corrected chi connectivity index (χ2v) is 5.25. The molecule has 12 nitrogen and oxygen atoms in total. The van der Waals surface area contributed by atoms with Crippen LogP contribution in [0.25, 0.3) is 0 Å². The van der Waals surface area contributed by atoms with Gasteiger partial charge in [0.15, 0.2) is 0 Å². The molecule has 1 aliphatic heterocycles. The number of aliphatic imine (C=N–C) groups is 1. The molecule has 0 bridgehead atoms. The fraction of sp³-hybridized carbons (Fsp3) is 0.833. The summed E-state index contributed by atoms with van der Waals surface area (Å²) < 4.78 is 5.07. The number of carbonyl (C=O) groups excluding carboxylic acids is 1. The summed E-state index contributed by atoms with van der Waals surface area (Å²) in [5.74, 6) is -1.54. The summed E-state index contributed by atoms with van der Waals surface area (Å²) in [5.41, 5.74) is 12.9. The molecule has 0 aliphatic carbocycles. The molecule has 9 N–H and O–H groups in total. The van der Waals surface area contributed by atoms with Crippen LogP contribution in [0.15, 0.2) is 4.99 Å². The normalized spacial score (nSPS) is 31.1. The number of ether oxygens (including phenoxy) is 1. The van der Waals surface area contributed by atoms with Gasteiger partial charge in [-0.15, -0.1) is 0 Å². The van der Waals surface area contributed by atoms with Gasteiger partial charge in [0.05, 0.1) is 12.6 Å². The van der Waals surface area contributed by atoms with E-state index in [1.165, 1.54) is 0 Å². The maximum atomic E-state index is 10.4. The van der Waals surface area contributed by atoms with E-state index in [0.29, 0.717) is 6.42 Å². The van der Waals surface area contributed by atoms with Gasteiger partial charge in [-0.2, -0.15) is 0 Å². The van der Waals surface area contributed by atoms with Crippen LogP contribution < -0.4 is 51.6 Å². The zero-order valence-corrected chi connectivity index (χ0v) is 15.8. The number of carboxylic acids is 1. The smallest absolute Gasteiger partial charge is 0.548 e. The van der Waals surface area contributed by atoms with Gasteiger partial charge in [-0.05, 0) is 12.8 Å². The minimum absolute atomic E-state index is 0. The molecule has 0 radical (unpaired) electrons. The van der Waals surface area contributed by atoms with Crippen LogP contribution in [-0.2, 0) is 14.4 Å². The van der Waals surface area contributed by atoms with Gasteiger partial charge in [0.2, 0.25) is 12.2 Å². The molecular weight excluding hydrogens is 351 g/mol. The first-order chi connectivity index (χ1) is 11.3. The Morgan fingerprint density at radius 3 is 2.52 bits per heavy atom. The largest absolute Gasteiger partial charge is 1.00 e. The molecule has 25 heavy (non-hydrogen) atoms. The Hall–Kier alpha value is -0.540. The van der Waals surface area contributed by atoms with Crippen LogP contribution in [0.4, 0.5) is 0 Å². The second-order valence-electron chi connectivity index (χ2n) is 5.25. The number of nitrogens with two attached hydrogens (primary N) is 2. The zero-order valence-electron chi connectivity index (χ0n) is 13.8. The maximum absolute atomic E-state index is 10.4. The van der Waals surface area contributed by atoms with Crippen molar-refractivity contribution in [3.63, 3.8) is 0 Å². The molecule has 0 aromatic rings. The molecular formula is C12H23N4NaO8. The number of rotatable bonds is 8. The van der Waals surface area contributed by atoms with Crippen molar-refractivity contribution >= 4 is 11.9 Å². The van der Waals surface area contributed by atoms with E-state index in [-0.39, 0.29) is 48.5 Å². The van der Waals surface area contributed by atoms with Gasteiger partial charge in [0, 0.05) is 12.6 Å². The van der Waals surface area contributed by atoms with Crippen molar-refractivity contribution < 1.29 is 69.5 Å². The van der Waals surface area contributed by atoms with Gasteiger partial charge >= 0.3 is 29.6 Å². The van der Waals surface area contributed by atoms with Crippen molar-refractivity contribution in [2.75, 3.05) is 13.2 Å². The van der Waals surface area contributed by atoms with E-state index in [9.17, 15) is 25.2 Å². The van der Waals surface area contributed by atoms with Crippen LogP contribution in [-0.4, -0.2) is 82.3 Å². The minimum atomic E-state index is -1.58. The molecule has 0 aromatic carbocycles. The standard InChI is InChI=1S/C12H24N4O8.Na/c13-5(10(21)22)2-1-3-15-12(14)16-24-11-9(20)8(19)7(18)6(4-17)23-11;/h5-9,11,17-20H,1-4,13H2,(H,21,22)(H3,14,15,16);/q;+1/p-1/t5-,6+,7-,8-,9+,11-;/m0./s1. The van der Waals surface area contributed by atoms with Crippen molar-refractivity contribution in [2.45, 2.75) is 49.6 Å². The molecule has 6 atom stereocenters. The van der Waals surface area contributed by atoms with E-state index < -0.39 is 49.3 Å². The number of guanidine groups is 1. The van der Waals surface area contributed by atoms with Gasteiger partial charge in [-0.3, -0.25) is 4.99 Å². The first-order valence-corrected chi connectivity index (χ1v) is 7.26. The van der Waals surface area contributed by atoms with Gasteiger partial charge in [-0.25, -0.2) is 10.3 Å². The second kappa shape index (κ2) is 12.0. The van der Waals surface area contributed by atoms with Gasteiger partial charge in [0.1, 0.15) is 24.4 Å². The summed E-state index contributed by atoms with van der Waals surface area (Å²) in [4.78, 5) is 19.2. The predicted octanol–water partition coefficient (Wildman–Crippen LogP) is -8.52. The van der Waals surface area contributed by atoms with E-state index in [1.807, 2.05) is 0 Å². The summed E-state index contributed by atoms with van der Waals surface area (Å²) in [5, 5.41) is 48.3. The van der Waals surface area contributed by atoms with Crippen molar-refractivity contribution in [1.82, 2.24) is 5.48 Å². The Bertz CT molecular complexity index is 441. The first kappa shape index (κ1) is 24.5. The number of nitrogens with one attached hydrogen (secondary N) is 1. The number of hydrogen-bond donors (Lipinski definition) is 7. The minimum Gasteiger partial charge on any atom is -0.548 e. The number of hydroxylamine groups is 1. The Kier molecular flexibility index (Phi) is 11.7. The molecule has 0 amide bonds. The van der Waals surface area contributed by atoms with Gasteiger partial charge in [0.25, 0.3) is 0 Å². The molecule has 0 spiro atoms. The van der Waals surface area contributed by atoms with Crippen LogP contribution in [0.1, 0.15) is 12.8 Å². The summed E-state index contributed by atoms with van der Waals surface area (Å²) >= 11 is 0.